The minimum absolute atomic E-state index is 0.610. The first-order valence-corrected chi connectivity index (χ1v) is 5.66. The fourth-order valence-electron chi connectivity index (χ4n) is 3.12. The zero-order valence-corrected chi connectivity index (χ0v) is 8.08. The summed E-state index contributed by atoms with van der Waals surface area (Å²) in [6, 6.07) is 0.610. The minimum Gasteiger partial charge on any atom is -0.387 e. The van der Waals surface area contributed by atoms with Crippen LogP contribution in [0, 0.1) is 17.8 Å². The highest BCUT2D eigenvalue weighted by Gasteiger charge is 2.41. The molecule has 0 aromatic heterocycles. The maximum absolute atomic E-state index is 6.06. The van der Waals surface area contributed by atoms with Crippen LogP contribution in [0.15, 0.2) is 4.99 Å². The molecule has 3 atom stereocenters. The fraction of sp³-hybridized carbons (Fsp3) is 0.909. The third kappa shape index (κ3) is 1.36. The Morgan fingerprint density at radius 3 is 2.46 bits per heavy atom. The van der Waals surface area contributed by atoms with Crippen LogP contribution in [0.1, 0.15) is 38.5 Å². The van der Waals surface area contributed by atoms with Gasteiger partial charge in [-0.2, -0.15) is 0 Å². The molecule has 72 valence electrons. The second kappa shape index (κ2) is 2.73. The second-order valence-electron chi connectivity index (χ2n) is 5.07. The van der Waals surface area contributed by atoms with Gasteiger partial charge >= 0.3 is 0 Å². The van der Waals surface area contributed by atoms with Gasteiger partial charge in [0.2, 0.25) is 0 Å². The Hall–Kier alpha value is -0.530. The average Bonchev–Trinajstić information content (AvgIpc) is 2.71. The van der Waals surface area contributed by atoms with Crippen LogP contribution >= 0.6 is 0 Å². The molecule has 3 aliphatic rings. The van der Waals surface area contributed by atoms with Crippen molar-refractivity contribution in [2.75, 3.05) is 0 Å². The summed E-state index contributed by atoms with van der Waals surface area (Å²) in [7, 11) is 0. The van der Waals surface area contributed by atoms with Crippen molar-refractivity contribution in [1.29, 1.82) is 0 Å². The smallest absolute Gasteiger partial charge is 0.0974 e. The summed E-state index contributed by atoms with van der Waals surface area (Å²) in [5.74, 6) is 3.55. The van der Waals surface area contributed by atoms with Gasteiger partial charge in [-0.15, -0.1) is 0 Å². The van der Waals surface area contributed by atoms with Gasteiger partial charge in [-0.1, -0.05) is 6.42 Å². The molecule has 0 aromatic carbocycles. The standard InChI is InChI=1S/C11H18N2/c12-11(13-9-3-4-9)10-6-7-1-2-8(10)5-7/h7-10H,1-6H2,(H2,12,13). The normalized spacial score (nSPS) is 44.3. The van der Waals surface area contributed by atoms with Crippen LogP contribution in [-0.2, 0) is 0 Å². The Morgan fingerprint density at radius 1 is 1.08 bits per heavy atom. The van der Waals surface area contributed by atoms with Crippen LogP contribution in [-0.4, -0.2) is 11.9 Å². The second-order valence-corrected chi connectivity index (χ2v) is 5.07. The van der Waals surface area contributed by atoms with E-state index in [1.165, 1.54) is 38.5 Å². The molecule has 0 aromatic rings. The Labute approximate surface area is 79.6 Å². The predicted octanol–water partition coefficient (Wildman–Crippen LogP) is 1.94. The molecule has 0 aliphatic heterocycles. The summed E-state index contributed by atoms with van der Waals surface area (Å²) < 4.78 is 0. The predicted molar refractivity (Wildman–Crippen MR) is 53.6 cm³/mol. The van der Waals surface area contributed by atoms with Gasteiger partial charge in [-0.3, -0.25) is 4.99 Å². The molecule has 0 heterocycles. The van der Waals surface area contributed by atoms with Crippen molar-refractivity contribution in [1.82, 2.24) is 0 Å². The number of hydrogen-bond acceptors (Lipinski definition) is 1. The van der Waals surface area contributed by atoms with Crippen molar-refractivity contribution in [3.63, 3.8) is 0 Å². The van der Waals surface area contributed by atoms with Gasteiger partial charge in [-0.05, 0) is 43.9 Å². The molecule has 13 heavy (non-hydrogen) atoms. The Kier molecular flexibility index (Phi) is 1.64. The fourth-order valence-corrected chi connectivity index (χ4v) is 3.12. The van der Waals surface area contributed by atoms with Crippen LogP contribution in [0.2, 0.25) is 0 Å². The molecule has 3 saturated carbocycles. The Morgan fingerprint density at radius 2 is 1.92 bits per heavy atom. The largest absolute Gasteiger partial charge is 0.387 e. The highest BCUT2D eigenvalue weighted by molar-refractivity contribution is 5.84. The van der Waals surface area contributed by atoms with Gasteiger partial charge in [0, 0.05) is 5.92 Å². The number of nitrogens with two attached hydrogens (primary N) is 1. The van der Waals surface area contributed by atoms with E-state index in [-0.39, 0.29) is 0 Å². The van der Waals surface area contributed by atoms with Gasteiger partial charge in [0.15, 0.2) is 0 Å². The molecule has 3 unspecified atom stereocenters. The summed E-state index contributed by atoms with van der Waals surface area (Å²) in [4.78, 5) is 4.58. The summed E-state index contributed by atoms with van der Waals surface area (Å²) in [5.41, 5.74) is 6.06. The van der Waals surface area contributed by atoms with Gasteiger partial charge in [0.1, 0.15) is 0 Å². The number of nitrogens with zero attached hydrogens (tertiary/aromatic N) is 1. The van der Waals surface area contributed by atoms with Crippen LogP contribution in [0.3, 0.4) is 0 Å². The van der Waals surface area contributed by atoms with E-state index in [4.69, 9.17) is 5.73 Å². The molecule has 2 N–H and O–H groups in total. The van der Waals surface area contributed by atoms with E-state index in [0.717, 1.165) is 17.7 Å². The number of aliphatic imine (C=N–C) groups is 1. The highest BCUT2D eigenvalue weighted by Crippen LogP contribution is 2.48. The van der Waals surface area contributed by atoms with Crippen molar-refractivity contribution < 1.29 is 0 Å². The monoisotopic (exact) mass is 178 g/mol. The van der Waals surface area contributed by atoms with E-state index in [1.54, 1.807) is 0 Å². The first-order chi connectivity index (χ1) is 6.33. The van der Waals surface area contributed by atoms with Crippen LogP contribution in [0.4, 0.5) is 0 Å². The van der Waals surface area contributed by atoms with Crippen molar-refractivity contribution in [3.8, 4) is 0 Å². The van der Waals surface area contributed by atoms with Gasteiger partial charge in [-0.25, -0.2) is 0 Å². The van der Waals surface area contributed by atoms with Crippen molar-refractivity contribution in [3.05, 3.63) is 0 Å². The first-order valence-electron chi connectivity index (χ1n) is 5.66. The lowest BCUT2D eigenvalue weighted by Crippen LogP contribution is -2.28. The lowest BCUT2D eigenvalue weighted by atomic mass is 9.88. The van der Waals surface area contributed by atoms with Crippen LogP contribution < -0.4 is 5.73 Å². The Balaban J connectivity index is 1.71. The van der Waals surface area contributed by atoms with E-state index in [1.807, 2.05) is 0 Å². The molecule has 3 aliphatic carbocycles. The topological polar surface area (TPSA) is 38.4 Å². The third-order valence-corrected chi connectivity index (χ3v) is 4.00. The summed E-state index contributed by atoms with van der Waals surface area (Å²) in [6.07, 6.45) is 8.20. The SMILES string of the molecule is NC(=NC1CC1)C1CC2CCC1C2. The van der Waals surface area contributed by atoms with Crippen molar-refractivity contribution in [2.24, 2.45) is 28.5 Å². The maximum Gasteiger partial charge on any atom is 0.0974 e. The third-order valence-electron chi connectivity index (χ3n) is 4.00. The highest BCUT2D eigenvalue weighted by atomic mass is 14.9. The number of hydrogen-bond donors (Lipinski definition) is 1. The van der Waals surface area contributed by atoms with Gasteiger partial charge in [0.05, 0.1) is 11.9 Å². The zero-order chi connectivity index (χ0) is 8.84. The maximum atomic E-state index is 6.06. The van der Waals surface area contributed by atoms with Crippen LogP contribution in [0.25, 0.3) is 0 Å². The zero-order valence-electron chi connectivity index (χ0n) is 8.08. The van der Waals surface area contributed by atoms with E-state index in [2.05, 4.69) is 4.99 Å². The van der Waals surface area contributed by atoms with Crippen molar-refractivity contribution >= 4 is 5.84 Å². The first kappa shape index (κ1) is 7.84. The molecule has 3 rings (SSSR count). The molecular weight excluding hydrogens is 160 g/mol. The molecule has 0 radical (unpaired) electrons. The lowest BCUT2D eigenvalue weighted by molar-refractivity contribution is 0.412. The number of fused-ring (bicyclic) bond motifs is 2. The van der Waals surface area contributed by atoms with Gasteiger partial charge in [0.25, 0.3) is 0 Å². The average molecular weight is 178 g/mol. The summed E-state index contributed by atoms with van der Waals surface area (Å²) in [5, 5.41) is 0. The Bertz CT molecular complexity index is 242. The molecule has 0 spiro atoms. The van der Waals surface area contributed by atoms with Gasteiger partial charge < -0.3 is 5.73 Å². The molecule has 2 heteroatoms. The van der Waals surface area contributed by atoms with E-state index < -0.39 is 0 Å². The van der Waals surface area contributed by atoms with Crippen molar-refractivity contribution in [2.45, 2.75) is 44.6 Å². The molecule has 0 amide bonds. The summed E-state index contributed by atoms with van der Waals surface area (Å²) >= 11 is 0. The van der Waals surface area contributed by atoms with E-state index in [9.17, 15) is 0 Å². The van der Waals surface area contributed by atoms with E-state index >= 15 is 0 Å². The molecule has 0 saturated heterocycles. The molecule has 3 fully saturated rings. The molecule has 2 nitrogen and oxygen atoms in total. The van der Waals surface area contributed by atoms with Crippen LogP contribution in [0.5, 0.6) is 0 Å². The summed E-state index contributed by atoms with van der Waals surface area (Å²) in [6.45, 7) is 0. The number of rotatable bonds is 2. The van der Waals surface area contributed by atoms with E-state index in [0.29, 0.717) is 12.0 Å². The lowest BCUT2D eigenvalue weighted by Gasteiger charge is -2.20. The number of amidine groups is 1. The molecular formula is C11H18N2. The minimum atomic E-state index is 0.610. The quantitative estimate of drug-likeness (QED) is 0.509. The molecule has 2 bridgehead atoms.